The van der Waals surface area contributed by atoms with E-state index < -0.39 is 17.6 Å². The molecule has 0 radical (unpaired) electrons. The molecule has 0 saturated heterocycles. The molecule has 1 aliphatic rings. The Labute approximate surface area is 218 Å². The maximum absolute atomic E-state index is 13.9. The Morgan fingerprint density at radius 2 is 1.53 bits per heavy atom. The molecule has 1 aliphatic carbocycles. The van der Waals surface area contributed by atoms with Gasteiger partial charge >= 0.3 is 0 Å². The van der Waals surface area contributed by atoms with Crippen molar-refractivity contribution < 1.29 is 18.4 Å². The Hall–Kier alpha value is -4.92. The Bertz CT molecular complexity index is 1540. The summed E-state index contributed by atoms with van der Waals surface area (Å²) in [6, 6.07) is 22.1. The minimum Gasteiger partial charge on any atom is -0.455 e. The molecule has 0 spiro atoms. The van der Waals surface area contributed by atoms with E-state index in [4.69, 9.17) is 4.42 Å². The van der Waals surface area contributed by atoms with Crippen molar-refractivity contribution in [2.24, 2.45) is 15.3 Å². The zero-order chi connectivity index (χ0) is 26.5. The summed E-state index contributed by atoms with van der Waals surface area (Å²) in [5.41, 5.74) is 6.23. The zero-order valence-corrected chi connectivity index (χ0v) is 20.6. The van der Waals surface area contributed by atoms with Gasteiger partial charge in [0.15, 0.2) is 5.76 Å². The lowest BCUT2D eigenvalue weighted by Crippen LogP contribution is -2.23. The topological polar surface area (TPSA) is 108 Å². The first kappa shape index (κ1) is 24.8. The van der Waals surface area contributed by atoms with E-state index in [9.17, 15) is 14.0 Å². The molecule has 1 aromatic heterocycles. The summed E-state index contributed by atoms with van der Waals surface area (Å²) in [4.78, 5) is 25.4. The number of furan rings is 1. The van der Waals surface area contributed by atoms with E-state index in [2.05, 4.69) is 26.1 Å². The first-order chi connectivity index (χ1) is 18.5. The Morgan fingerprint density at radius 1 is 0.842 bits per heavy atom. The van der Waals surface area contributed by atoms with Crippen molar-refractivity contribution in [2.45, 2.75) is 26.2 Å². The number of hydrazone groups is 1. The molecule has 2 N–H and O–H groups in total. The predicted octanol–water partition coefficient (Wildman–Crippen LogP) is 6.87. The van der Waals surface area contributed by atoms with E-state index in [1.54, 1.807) is 37.3 Å². The third-order valence-corrected chi connectivity index (χ3v) is 6.11. The standard InChI is InChI=1S/C29H24FN5O3/c1-18-26-24(34-35-28(36)22-10-5-6-11-23(22)30)12-7-13-25(26)38-27(18)29(37)31-19-14-16-21(17-15-19)33-32-20-8-3-2-4-9-20/h2-6,8-11,14-17H,7,12-13H2,1H3,(H,31,37)(H,35,36). The summed E-state index contributed by atoms with van der Waals surface area (Å²) in [7, 11) is 0. The van der Waals surface area contributed by atoms with Gasteiger partial charge in [-0.15, -0.1) is 0 Å². The Balaban J connectivity index is 1.29. The largest absolute Gasteiger partial charge is 0.455 e. The second-order valence-electron chi connectivity index (χ2n) is 8.72. The van der Waals surface area contributed by atoms with Crippen LogP contribution in [-0.4, -0.2) is 17.5 Å². The normalized spacial score (nSPS) is 13.9. The first-order valence-corrected chi connectivity index (χ1v) is 12.1. The lowest BCUT2D eigenvalue weighted by Gasteiger charge is -2.13. The van der Waals surface area contributed by atoms with Gasteiger partial charge in [0.1, 0.15) is 11.6 Å². The van der Waals surface area contributed by atoms with Crippen LogP contribution in [0.2, 0.25) is 0 Å². The number of fused-ring (bicyclic) bond motifs is 1. The van der Waals surface area contributed by atoms with E-state index in [1.165, 1.54) is 18.2 Å². The fourth-order valence-corrected chi connectivity index (χ4v) is 4.23. The van der Waals surface area contributed by atoms with Crippen LogP contribution in [0, 0.1) is 12.7 Å². The third-order valence-electron chi connectivity index (χ3n) is 6.11. The number of carbonyl (C=O) groups excluding carboxylic acids is 2. The molecule has 0 bridgehead atoms. The highest BCUT2D eigenvalue weighted by Crippen LogP contribution is 2.30. The van der Waals surface area contributed by atoms with E-state index in [0.717, 1.165) is 12.1 Å². The lowest BCUT2D eigenvalue weighted by atomic mass is 9.93. The van der Waals surface area contributed by atoms with Gasteiger partial charge in [0.25, 0.3) is 11.8 Å². The highest BCUT2D eigenvalue weighted by Gasteiger charge is 2.28. The molecular formula is C29H24FN5O3. The van der Waals surface area contributed by atoms with Gasteiger partial charge in [-0.3, -0.25) is 9.59 Å². The van der Waals surface area contributed by atoms with E-state index >= 15 is 0 Å². The van der Waals surface area contributed by atoms with Crippen LogP contribution in [0.5, 0.6) is 0 Å². The van der Waals surface area contributed by atoms with Gasteiger partial charge < -0.3 is 9.73 Å². The highest BCUT2D eigenvalue weighted by molar-refractivity contribution is 6.09. The smallest absolute Gasteiger partial charge is 0.291 e. The van der Waals surface area contributed by atoms with E-state index in [-0.39, 0.29) is 11.3 Å². The summed E-state index contributed by atoms with van der Waals surface area (Å²) in [6.07, 6.45) is 1.98. The summed E-state index contributed by atoms with van der Waals surface area (Å²) in [5, 5.41) is 15.5. The van der Waals surface area contributed by atoms with Crippen molar-refractivity contribution in [1.82, 2.24) is 5.43 Å². The monoisotopic (exact) mass is 509 g/mol. The van der Waals surface area contributed by atoms with Crippen LogP contribution in [0.4, 0.5) is 21.5 Å². The van der Waals surface area contributed by atoms with Crippen molar-refractivity contribution in [1.29, 1.82) is 0 Å². The molecule has 9 heteroatoms. The van der Waals surface area contributed by atoms with Gasteiger partial charge in [-0.25, -0.2) is 9.82 Å². The second kappa shape index (κ2) is 11.0. The molecule has 0 fully saturated rings. The molecule has 0 saturated carbocycles. The fraction of sp³-hybridized carbons (Fsp3) is 0.138. The van der Waals surface area contributed by atoms with Gasteiger partial charge in [-0.2, -0.15) is 15.3 Å². The molecule has 190 valence electrons. The van der Waals surface area contributed by atoms with Gasteiger partial charge in [-0.1, -0.05) is 30.3 Å². The summed E-state index contributed by atoms with van der Waals surface area (Å²) in [6.45, 7) is 1.78. The second-order valence-corrected chi connectivity index (χ2v) is 8.72. The molecule has 3 aromatic carbocycles. The van der Waals surface area contributed by atoms with Crippen LogP contribution in [0.25, 0.3) is 0 Å². The van der Waals surface area contributed by atoms with Crippen LogP contribution in [-0.2, 0) is 6.42 Å². The number of benzene rings is 3. The summed E-state index contributed by atoms with van der Waals surface area (Å²) >= 11 is 0. The number of azo groups is 1. The average Bonchev–Trinajstić information content (AvgIpc) is 3.29. The van der Waals surface area contributed by atoms with Gasteiger partial charge in [0, 0.05) is 23.2 Å². The summed E-state index contributed by atoms with van der Waals surface area (Å²) < 4.78 is 19.9. The number of rotatable bonds is 6. The Morgan fingerprint density at radius 3 is 2.26 bits per heavy atom. The molecular weight excluding hydrogens is 485 g/mol. The third kappa shape index (κ3) is 5.41. The first-order valence-electron chi connectivity index (χ1n) is 12.1. The number of carbonyl (C=O) groups is 2. The number of hydrogen-bond acceptors (Lipinski definition) is 6. The lowest BCUT2D eigenvalue weighted by molar-refractivity contribution is 0.0949. The number of halogens is 1. The molecule has 5 rings (SSSR count). The van der Waals surface area contributed by atoms with Gasteiger partial charge in [0.05, 0.1) is 22.6 Å². The van der Waals surface area contributed by atoms with Crippen molar-refractivity contribution >= 4 is 34.6 Å². The van der Waals surface area contributed by atoms with E-state index in [1.807, 2.05) is 30.3 Å². The number of anilines is 1. The minimum atomic E-state index is -0.645. The zero-order valence-electron chi connectivity index (χ0n) is 20.6. The van der Waals surface area contributed by atoms with Crippen molar-refractivity contribution in [2.75, 3.05) is 5.32 Å². The van der Waals surface area contributed by atoms with Gasteiger partial charge in [-0.05, 0) is 68.3 Å². The number of amides is 2. The maximum atomic E-state index is 13.9. The Kier molecular flexibility index (Phi) is 7.17. The summed E-state index contributed by atoms with van der Waals surface area (Å²) in [5.74, 6) is -0.855. The van der Waals surface area contributed by atoms with Crippen molar-refractivity contribution in [3.8, 4) is 0 Å². The number of nitrogens with one attached hydrogen (secondary N) is 2. The maximum Gasteiger partial charge on any atom is 0.291 e. The molecule has 1 heterocycles. The van der Waals surface area contributed by atoms with Crippen molar-refractivity contribution in [3.63, 3.8) is 0 Å². The minimum absolute atomic E-state index is 0.0931. The fourth-order valence-electron chi connectivity index (χ4n) is 4.23. The number of aryl methyl sites for hydroxylation is 1. The van der Waals surface area contributed by atoms with Gasteiger partial charge in [0.2, 0.25) is 0 Å². The SMILES string of the molecule is Cc1c(C(=O)Nc2ccc(N=Nc3ccccc3)cc2)oc2c1C(=NNC(=O)c1ccccc1F)CCC2. The van der Waals surface area contributed by atoms with Crippen molar-refractivity contribution in [3.05, 3.63) is 113 Å². The molecule has 0 unspecified atom stereocenters. The van der Waals surface area contributed by atoms with Crippen LogP contribution in [0.1, 0.15) is 50.6 Å². The van der Waals surface area contributed by atoms with Crippen LogP contribution in [0.15, 0.2) is 98.6 Å². The number of nitrogens with zero attached hydrogens (tertiary/aromatic N) is 3. The van der Waals surface area contributed by atoms with E-state index in [0.29, 0.717) is 46.8 Å². The molecule has 4 aromatic rings. The predicted molar refractivity (Wildman–Crippen MR) is 142 cm³/mol. The van der Waals surface area contributed by atoms with Crippen LogP contribution >= 0.6 is 0 Å². The molecule has 38 heavy (non-hydrogen) atoms. The molecule has 0 atom stereocenters. The average molecular weight is 510 g/mol. The number of hydrogen-bond donors (Lipinski definition) is 2. The molecule has 2 amide bonds. The quantitative estimate of drug-likeness (QED) is 0.219. The molecule has 0 aliphatic heterocycles. The van der Waals surface area contributed by atoms with Crippen LogP contribution < -0.4 is 10.7 Å². The highest BCUT2D eigenvalue weighted by atomic mass is 19.1. The van der Waals surface area contributed by atoms with Crippen LogP contribution in [0.3, 0.4) is 0 Å². The molecule has 8 nitrogen and oxygen atoms in total.